The topological polar surface area (TPSA) is 89.7 Å². The molecule has 0 unspecified atom stereocenters. The minimum atomic E-state index is -0.433. The van der Waals surface area contributed by atoms with E-state index in [2.05, 4.69) is 21.2 Å². The lowest BCUT2D eigenvalue weighted by Gasteiger charge is -2.08. The Kier molecular flexibility index (Phi) is 9.24. The molecular weight excluding hydrogens is 316 g/mol. The van der Waals surface area contributed by atoms with Crippen LogP contribution in [0.3, 0.4) is 0 Å². The number of thioether (sulfide) groups is 1. The van der Waals surface area contributed by atoms with Crippen LogP contribution in [0.4, 0.5) is 0 Å². The Labute approximate surface area is 140 Å². The summed E-state index contributed by atoms with van der Waals surface area (Å²) in [6.45, 7) is 2.88. The van der Waals surface area contributed by atoms with E-state index in [-0.39, 0.29) is 13.1 Å². The lowest BCUT2D eigenvalue weighted by molar-refractivity contribution is -0.463. The number of terminal acetylenes is 1. The first-order valence-electron chi connectivity index (χ1n) is 7.14. The van der Waals surface area contributed by atoms with E-state index in [0.717, 1.165) is 17.2 Å². The van der Waals surface area contributed by atoms with E-state index in [4.69, 9.17) is 11.2 Å². The van der Waals surface area contributed by atoms with Crippen LogP contribution in [0.15, 0.2) is 23.3 Å². The third-order valence-electron chi connectivity index (χ3n) is 2.60. The number of hydrogen-bond donors (Lipinski definition) is 1. The number of pyridine rings is 1. The van der Waals surface area contributed by atoms with Gasteiger partial charge in [0.2, 0.25) is 0 Å². The maximum absolute atomic E-state index is 10.6. The molecule has 0 aliphatic carbocycles. The lowest BCUT2D eigenvalue weighted by Crippen LogP contribution is -2.31. The Bertz CT molecular complexity index is 572. The number of aromatic nitrogens is 1. The molecule has 0 atom stereocenters. The van der Waals surface area contributed by atoms with E-state index < -0.39 is 4.92 Å². The van der Waals surface area contributed by atoms with Crippen molar-refractivity contribution in [3.8, 4) is 18.1 Å². The number of nitrogens with zero attached hydrogens (tertiary/aromatic N) is 3. The van der Waals surface area contributed by atoms with Crippen LogP contribution in [0.25, 0.3) is 0 Å². The third kappa shape index (κ3) is 8.07. The summed E-state index contributed by atoms with van der Waals surface area (Å²) in [6, 6.07) is 3.73. The van der Waals surface area contributed by atoms with Gasteiger partial charge in [-0.3, -0.25) is 20.1 Å². The summed E-state index contributed by atoms with van der Waals surface area (Å²) in [5.74, 6) is 4.89. The van der Waals surface area contributed by atoms with Gasteiger partial charge in [-0.05, 0) is 19.1 Å². The fourth-order valence-corrected chi connectivity index (χ4v) is 2.44. The van der Waals surface area contributed by atoms with Crippen molar-refractivity contribution in [2.24, 2.45) is 4.99 Å². The Hall–Kier alpha value is -2.27. The molecule has 1 aromatic heterocycles. The SMILES string of the molecule is C#CCNC(C[N+](=O)[O-])=NCCSCc1ncccc1OCC. The van der Waals surface area contributed by atoms with Gasteiger partial charge >= 0.3 is 0 Å². The number of rotatable bonds is 10. The zero-order chi connectivity index (χ0) is 16.9. The molecule has 1 heterocycles. The highest BCUT2D eigenvalue weighted by atomic mass is 32.2. The second-order valence-electron chi connectivity index (χ2n) is 4.31. The maximum Gasteiger partial charge on any atom is 0.259 e. The molecule has 0 amide bonds. The molecule has 0 radical (unpaired) electrons. The minimum absolute atomic E-state index is 0.228. The molecule has 7 nitrogen and oxygen atoms in total. The number of hydrogen-bond acceptors (Lipinski definition) is 6. The summed E-state index contributed by atoms with van der Waals surface area (Å²) in [6.07, 6.45) is 6.86. The molecule has 8 heteroatoms. The van der Waals surface area contributed by atoms with Gasteiger partial charge in [0.1, 0.15) is 5.75 Å². The van der Waals surface area contributed by atoms with Crippen molar-refractivity contribution < 1.29 is 9.66 Å². The molecule has 124 valence electrons. The van der Waals surface area contributed by atoms with Crippen LogP contribution in [-0.2, 0) is 5.75 Å². The predicted octanol–water partition coefficient (Wildman–Crippen LogP) is 1.61. The first-order chi connectivity index (χ1) is 11.2. The molecule has 0 saturated carbocycles. The summed E-state index contributed by atoms with van der Waals surface area (Å²) in [5.41, 5.74) is 0.888. The van der Waals surface area contributed by atoms with Crippen LogP contribution in [0.2, 0.25) is 0 Å². The van der Waals surface area contributed by atoms with Crippen LogP contribution in [0.1, 0.15) is 12.6 Å². The van der Waals surface area contributed by atoms with Crippen molar-refractivity contribution in [3.05, 3.63) is 34.1 Å². The average Bonchev–Trinajstić information content (AvgIpc) is 2.53. The smallest absolute Gasteiger partial charge is 0.259 e. The second-order valence-corrected chi connectivity index (χ2v) is 5.42. The van der Waals surface area contributed by atoms with Gasteiger partial charge in [0.25, 0.3) is 6.54 Å². The van der Waals surface area contributed by atoms with Gasteiger partial charge in [-0.25, -0.2) is 0 Å². The van der Waals surface area contributed by atoms with Crippen molar-refractivity contribution in [3.63, 3.8) is 0 Å². The normalized spacial score (nSPS) is 10.9. The summed E-state index contributed by atoms with van der Waals surface area (Å²) in [7, 11) is 0. The van der Waals surface area contributed by atoms with E-state index >= 15 is 0 Å². The number of aliphatic imine (C=N–C) groups is 1. The molecule has 23 heavy (non-hydrogen) atoms. The van der Waals surface area contributed by atoms with E-state index in [1.807, 2.05) is 19.1 Å². The summed E-state index contributed by atoms with van der Waals surface area (Å²) in [5, 5.41) is 13.3. The molecule has 0 fully saturated rings. The first kappa shape index (κ1) is 18.8. The quantitative estimate of drug-likeness (QED) is 0.174. The summed E-state index contributed by atoms with van der Waals surface area (Å²) >= 11 is 1.64. The standard InChI is InChI=1S/C15H20N4O3S/c1-3-7-17-15(11-19(20)21)18-9-10-23-12-13-14(22-4-2)6-5-8-16-13/h1,5-6,8H,4,7,9-12H2,2H3,(H,17,18). The van der Waals surface area contributed by atoms with E-state index in [1.165, 1.54) is 0 Å². The lowest BCUT2D eigenvalue weighted by atomic mass is 10.3. The van der Waals surface area contributed by atoms with Crippen molar-refractivity contribution in [1.29, 1.82) is 0 Å². The van der Waals surface area contributed by atoms with Crippen molar-refractivity contribution in [2.75, 3.05) is 32.0 Å². The largest absolute Gasteiger partial charge is 0.492 e. The zero-order valence-corrected chi connectivity index (χ0v) is 13.8. The summed E-state index contributed by atoms with van der Waals surface area (Å²) in [4.78, 5) is 18.6. The fourth-order valence-electron chi connectivity index (χ4n) is 1.67. The fraction of sp³-hybridized carbons (Fsp3) is 0.467. The van der Waals surface area contributed by atoms with E-state index in [1.54, 1.807) is 18.0 Å². The highest BCUT2D eigenvalue weighted by Crippen LogP contribution is 2.20. The molecule has 0 saturated heterocycles. The molecule has 1 aromatic rings. The van der Waals surface area contributed by atoms with E-state index in [0.29, 0.717) is 24.7 Å². The van der Waals surface area contributed by atoms with Crippen LogP contribution < -0.4 is 10.1 Å². The highest BCUT2D eigenvalue weighted by Gasteiger charge is 2.06. The molecule has 0 aliphatic heterocycles. The molecule has 0 bridgehead atoms. The Morgan fingerprint density at radius 2 is 2.48 bits per heavy atom. The third-order valence-corrected chi connectivity index (χ3v) is 3.55. The van der Waals surface area contributed by atoms with Gasteiger partial charge in [0, 0.05) is 22.6 Å². The monoisotopic (exact) mass is 336 g/mol. The molecule has 1 N–H and O–H groups in total. The van der Waals surface area contributed by atoms with Crippen LogP contribution >= 0.6 is 11.8 Å². The van der Waals surface area contributed by atoms with Crippen molar-refractivity contribution >= 4 is 17.6 Å². The van der Waals surface area contributed by atoms with Crippen LogP contribution in [-0.4, -0.2) is 47.7 Å². The summed E-state index contributed by atoms with van der Waals surface area (Å²) < 4.78 is 5.51. The molecule has 0 aromatic carbocycles. The second kappa shape index (κ2) is 11.3. The number of amidine groups is 1. The Morgan fingerprint density at radius 3 is 3.17 bits per heavy atom. The van der Waals surface area contributed by atoms with Gasteiger partial charge < -0.3 is 10.1 Å². The first-order valence-corrected chi connectivity index (χ1v) is 8.29. The van der Waals surface area contributed by atoms with Gasteiger partial charge in [0.15, 0.2) is 5.84 Å². The van der Waals surface area contributed by atoms with Crippen LogP contribution in [0.5, 0.6) is 5.75 Å². The van der Waals surface area contributed by atoms with Crippen molar-refractivity contribution in [2.45, 2.75) is 12.7 Å². The van der Waals surface area contributed by atoms with Gasteiger partial charge in [0.05, 0.1) is 25.4 Å². The number of nitro groups is 1. The molecule has 0 aliphatic rings. The number of ether oxygens (including phenoxy) is 1. The zero-order valence-electron chi connectivity index (χ0n) is 13.0. The van der Waals surface area contributed by atoms with E-state index in [9.17, 15) is 10.1 Å². The number of nitrogens with one attached hydrogen (secondary N) is 1. The van der Waals surface area contributed by atoms with Gasteiger partial charge in [-0.2, -0.15) is 11.8 Å². The molecular formula is C15H20N4O3S. The maximum atomic E-state index is 10.6. The Morgan fingerprint density at radius 1 is 1.65 bits per heavy atom. The van der Waals surface area contributed by atoms with Gasteiger partial charge in [-0.15, -0.1) is 6.42 Å². The minimum Gasteiger partial charge on any atom is -0.492 e. The average molecular weight is 336 g/mol. The Balaban J connectivity index is 2.42. The van der Waals surface area contributed by atoms with Gasteiger partial charge in [-0.1, -0.05) is 5.92 Å². The van der Waals surface area contributed by atoms with Crippen molar-refractivity contribution in [1.82, 2.24) is 10.3 Å². The predicted molar refractivity (Wildman–Crippen MR) is 92.6 cm³/mol. The molecule has 0 spiro atoms. The van der Waals surface area contributed by atoms with Crippen LogP contribution in [0, 0.1) is 22.5 Å². The highest BCUT2D eigenvalue weighted by molar-refractivity contribution is 7.98. The molecule has 1 rings (SSSR count).